The number of hydrogen-bond donors (Lipinski definition) is 2. The van der Waals surface area contributed by atoms with Crippen molar-refractivity contribution in [2.45, 2.75) is 31.3 Å². The van der Waals surface area contributed by atoms with Crippen molar-refractivity contribution in [3.63, 3.8) is 0 Å². The molecule has 1 aliphatic carbocycles. The Kier molecular flexibility index (Phi) is 4.55. The number of aliphatic hydroxyl groups is 1. The van der Waals surface area contributed by atoms with Crippen LogP contribution in [0.1, 0.15) is 31.2 Å². The Bertz CT molecular complexity index is 461. The quantitative estimate of drug-likeness (QED) is 0.888. The summed E-state index contributed by atoms with van der Waals surface area (Å²) in [4.78, 5) is 2.12. The van der Waals surface area contributed by atoms with Crippen molar-refractivity contribution in [1.29, 1.82) is 0 Å². The second-order valence-electron chi connectivity index (χ2n) is 6.02. The van der Waals surface area contributed by atoms with E-state index in [1.54, 1.807) is 12.1 Å². The number of aromatic hydroxyl groups is 1. The Hall–Kier alpha value is -1.26. The number of benzene rings is 1. The van der Waals surface area contributed by atoms with Crippen LogP contribution in [0, 0.1) is 5.92 Å². The molecule has 20 heavy (non-hydrogen) atoms. The van der Waals surface area contributed by atoms with Crippen molar-refractivity contribution in [3.05, 3.63) is 23.8 Å². The molecular formula is C16H25NO3. The van der Waals surface area contributed by atoms with Crippen LogP contribution in [0.15, 0.2) is 18.2 Å². The van der Waals surface area contributed by atoms with Crippen molar-refractivity contribution in [3.8, 4) is 11.5 Å². The van der Waals surface area contributed by atoms with Crippen molar-refractivity contribution >= 4 is 0 Å². The number of methoxy groups -OCH3 is 1. The summed E-state index contributed by atoms with van der Waals surface area (Å²) in [5.41, 5.74) is 0.0162. The van der Waals surface area contributed by atoms with Gasteiger partial charge in [0.15, 0.2) is 11.5 Å². The molecule has 112 valence electrons. The topological polar surface area (TPSA) is 52.9 Å². The summed E-state index contributed by atoms with van der Waals surface area (Å²) in [6, 6.07) is 5.18. The maximum absolute atomic E-state index is 11.2. The molecule has 1 aliphatic rings. The van der Waals surface area contributed by atoms with Crippen LogP contribution in [-0.2, 0) is 5.60 Å². The van der Waals surface area contributed by atoms with E-state index in [1.165, 1.54) is 7.11 Å². The second-order valence-corrected chi connectivity index (χ2v) is 6.02. The third-order valence-corrected chi connectivity index (χ3v) is 4.30. The van der Waals surface area contributed by atoms with Gasteiger partial charge in [-0.1, -0.05) is 18.9 Å². The minimum atomic E-state index is -0.830. The van der Waals surface area contributed by atoms with Gasteiger partial charge in [0.05, 0.1) is 12.7 Å². The smallest absolute Gasteiger partial charge is 0.160 e. The van der Waals surface area contributed by atoms with Crippen molar-refractivity contribution in [2.24, 2.45) is 5.92 Å². The molecule has 0 radical (unpaired) electrons. The van der Waals surface area contributed by atoms with Crippen LogP contribution in [0.2, 0.25) is 0 Å². The fourth-order valence-corrected chi connectivity index (χ4v) is 3.24. The molecular weight excluding hydrogens is 254 g/mol. The number of rotatable bonds is 4. The molecule has 1 aromatic carbocycles. The van der Waals surface area contributed by atoms with E-state index < -0.39 is 5.60 Å². The molecule has 0 bridgehead atoms. The average Bonchev–Trinajstić information content (AvgIpc) is 2.41. The SMILES string of the molecule is COc1cc(C2(O)CCCCC2CN(C)C)ccc1O. The van der Waals surface area contributed by atoms with Crippen LogP contribution in [0.5, 0.6) is 11.5 Å². The lowest BCUT2D eigenvalue weighted by molar-refractivity contribution is -0.0619. The van der Waals surface area contributed by atoms with Crippen LogP contribution in [0.3, 0.4) is 0 Å². The molecule has 2 N–H and O–H groups in total. The summed E-state index contributed by atoms with van der Waals surface area (Å²) < 4.78 is 5.17. The lowest BCUT2D eigenvalue weighted by Crippen LogP contribution is -2.43. The molecule has 0 saturated heterocycles. The van der Waals surface area contributed by atoms with Gasteiger partial charge < -0.3 is 19.8 Å². The Balaban J connectivity index is 2.34. The van der Waals surface area contributed by atoms with Gasteiger partial charge in [-0.3, -0.25) is 0 Å². The highest BCUT2D eigenvalue weighted by molar-refractivity contribution is 5.44. The first-order chi connectivity index (χ1) is 9.47. The minimum Gasteiger partial charge on any atom is -0.504 e. The number of phenols is 1. The van der Waals surface area contributed by atoms with Gasteiger partial charge in [0.2, 0.25) is 0 Å². The molecule has 1 aromatic rings. The van der Waals surface area contributed by atoms with Crippen LogP contribution < -0.4 is 4.74 Å². The molecule has 0 heterocycles. The lowest BCUT2D eigenvalue weighted by Gasteiger charge is -2.41. The highest BCUT2D eigenvalue weighted by Crippen LogP contribution is 2.43. The Morgan fingerprint density at radius 2 is 2.10 bits per heavy atom. The summed E-state index contributed by atoms with van der Waals surface area (Å²) in [6.45, 7) is 0.861. The predicted octanol–water partition coefficient (Wildman–Crippen LogP) is 2.34. The third-order valence-electron chi connectivity index (χ3n) is 4.30. The summed E-state index contributed by atoms with van der Waals surface area (Å²) >= 11 is 0. The standard InChI is InChI=1S/C16H25NO3/c1-17(2)11-13-6-4-5-9-16(13,19)12-7-8-14(18)15(10-12)20-3/h7-8,10,13,18-19H,4-6,9,11H2,1-3H3. The van der Waals surface area contributed by atoms with E-state index in [1.807, 2.05) is 20.2 Å². The number of hydrogen-bond acceptors (Lipinski definition) is 4. The fourth-order valence-electron chi connectivity index (χ4n) is 3.24. The molecule has 2 unspecified atom stereocenters. The van der Waals surface area contributed by atoms with E-state index in [-0.39, 0.29) is 11.7 Å². The summed E-state index contributed by atoms with van der Waals surface area (Å²) in [5.74, 6) is 0.741. The summed E-state index contributed by atoms with van der Waals surface area (Å²) in [6.07, 6.45) is 3.98. The summed E-state index contributed by atoms with van der Waals surface area (Å²) in [7, 11) is 5.60. The maximum atomic E-state index is 11.2. The zero-order valence-corrected chi connectivity index (χ0v) is 12.6. The van der Waals surface area contributed by atoms with E-state index in [0.717, 1.165) is 37.8 Å². The van der Waals surface area contributed by atoms with Gasteiger partial charge in [0.25, 0.3) is 0 Å². The summed E-state index contributed by atoms with van der Waals surface area (Å²) in [5, 5.41) is 20.9. The zero-order chi connectivity index (χ0) is 14.8. The monoisotopic (exact) mass is 279 g/mol. The Labute approximate surface area is 121 Å². The molecule has 4 nitrogen and oxygen atoms in total. The molecule has 4 heteroatoms. The van der Waals surface area contributed by atoms with E-state index in [4.69, 9.17) is 4.74 Å². The molecule has 1 fully saturated rings. The molecule has 1 saturated carbocycles. The van der Waals surface area contributed by atoms with Gasteiger partial charge in [0, 0.05) is 12.5 Å². The van der Waals surface area contributed by atoms with Gasteiger partial charge in [-0.15, -0.1) is 0 Å². The first kappa shape index (κ1) is 15.1. The molecule has 2 atom stereocenters. The van der Waals surface area contributed by atoms with Gasteiger partial charge in [-0.05, 0) is 44.6 Å². The Morgan fingerprint density at radius 3 is 2.75 bits per heavy atom. The number of phenolic OH excluding ortho intramolecular Hbond substituents is 1. The Morgan fingerprint density at radius 1 is 1.35 bits per heavy atom. The maximum Gasteiger partial charge on any atom is 0.160 e. The molecule has 0 spiro atoms. The molecule has 0 amide bonds. The van der Waals surface area contributed by atoms with Gasteiger partial charge in [-0.2, -0.15) is 0 Å². The van der Waals surface area contributed by atoms with E-state index in [0.29, 0.717) is 5.75 Å². The largest absolute Gasteiger partial charge is 0.504 e. The van der Waals surface area contributed by atoms with Gasteiger partial charge in [0.1, 0.15) is 0 Å². The number of nitrogens with zero attached hydrogens (tertiary/aromatic N) is 1. The predicted molar refractivity (Wildman–Crippen MR) is 79.1 cm³/mol. The highest BCUT2D eigenvalue weighted by Gasteiger charge is 2.40. The van der Waals surface area contributed by atoms with Crippen molar-refractivity contribution in [2.75, 3.05) is 27.7 Å². The first-order valence-electron chi connectivity index (χ1n) is 7.22. The first-order valence-corrected chi connectivity index (χ1v) is 7.22. The van der Waals surface area contributed by atoms with Crippen molar-refractivity contribution in [1.82, 2.24) is 4.90 Å². The van der Waals surface area contributed by atoms with Crippen LogP contribution in [0.25, 0.3) is 0 Å². The van der Waals surface area contributed by atoms with Gasteiger partial charge in [-0.25, -0.2) is 0 Å². The normalized spacial score (nSPS) is 26.8. The molecule has 2 rings (SSSR count). The zero-order valence-electron chi connectivity index (χ0n) is 12.6. The lowest BCUT2D eigenvalue weighted by atomic mass is 9.71. The molecule has 0 aromatic heterocycles. The average molecular weight is 279 g/mol. The van der Waals surface area contributed by atoms with E-state index in [2.05, 4.69) is 4.90 Å². The molecule has 0 aliphatic heterocycles. The van der Waals surface area contributed by atoms with Crippen LogP contribution >= 0.6 is 0 Å². The number of ether oxygens (including phenoxy) is 1. The van der Waals surface area contributed by atoms with Crippen LogP contribution in [0.4, 0.5) is 0 Å². The third kappa shape index (κ3) is 2.91. The van der Waals surface area contributed by atoms with Crippen LogP contribution in [-0.4, -0.2) is 42.9 Å². The van der Waals surface area contributed by atoms with Gasteiger partial charge >= 0.3 is 0 Å². The van der Waals surface area contributed by atoms with E-state index in [9.17, 15) is 10.2 Å². The van der Waals surface area contributed by atoms with Crippen molar-refractivity contribution < 1.29 is 14.9 Å². The second kappa shape index (κ2) is 6.02. The van der Waals surface area contributed by atoms with E-state index >= 15 is 0 Å². The minimum absolute atomic E-state index is 0.111. The fraction of sp³-hybridized carbons (Fsp3) is 0.625. The highest BCUT2D eigenvalue weighted by atomic mass is 16.5.